The molecule has 0 bridgehead atoms. The van der Waals surface area contributed by atoms with E-state index in [0.29, 0.717) is 0 Å². The quantitative estimate of drug-likeness (QED) is 0.154. The van der Waals surface area contributed by atoms with E-state index in [0.717, 1.165) is 27.7 Å². The molecule has 0 spiro atoms. The van der Waals surface area contributed by atoms with Gasteiger partial charge in [0.25, 0.3) is 0 Å². The lowest BCUT2D eigenvalue weighted by Crippen LogP contribution is -2.67. The van der Waals surface area contributed by atoms with Crippen molar-refractivity contribution in [1.29, 1.82) is 0 Å². The van der Waals surface area contributed by atoms with Gasteiger partial charge in [0.2, 0.25) is 12.4 Å². The lowest BCUT2D eigenvalue weighted by molar-refractivity contribution is -0.354. The topological polar surface area (TPSA) is 258 Å². The third-order valence-electron chi connectivity index (χ3n) is 7.34. The second kappa shape index (κ2) is 19.1. The van der Waals surface area contributed by atoms with Crippen LogP contribution in [0.25, 0.3) is 0 Å². The van der Waals surface area contributed by atoms with Crippen LogP contribution in [0.5, 0.6) is 11.5 Å². The maximum absolute atomic E-state index is 12.7. The summed E-state index contributed by atoms with van der Waals surface area (Å²) in [6, 6.07) is 3.75. The summed E-state index contributed by atoms with van der Waals surface area (Å²) in [6.45, 7) is -1.52. The highest BCUT2D eigenvalue weighted by Crippen LogP contribution is 2.37. The third kappa shape index (κ3) is 11.8. The molecular formula is C34H42O20. The van der Waals surface area contributed by atoms with Crippen molar-refractivity contribution in [1.82, 2.24) is 0 Å². The molecule has 298 valence electrons. The van der Waals surface area contributed by atoms with E-state index in [2.05, 4.69) is 0 Å². The average molecular weight is 775 g/mol. The molecule has 2 heterocycles. The van der Waals surface area contributed by atoms with E-state index in [1.54, 1.807) is 0 Å². The zero-order chi connectivity index (χ0) is 43.3. The molecule has 1 aromatic carbocycles. The summed E-state index contributed by atoms with van der Waals surface area (Å²) >= 11 is 0. The van der Waals surface area contributed by atoms with Gasteiger partial charge in [0.1, 0.15) is 48.6 Å². The minimum absolute atomic E-state index is 0.294. The number of carbonyl (C=O) groups excluding carboxylic acids is 8. The number of carbonyl (C=O) groups is 8. The molecule has 2 aliphatic rings. The smallest absolute Gasteiger partial charge is 0.303 e. The van der Waals surface area contributed by atoms with Gasteiger partial charge in [-0.05, 0) is 19.1 Å². The Bertz CT molecular complexity index is 1680. The fourth-order valence-electron chi connectivity index (χ4n) is 5.52. The van der Waals surface area contributed by atoms with Crippen LogP contribution in [0.1, 0.15) is 71.1 Å². The first-order valence-corrected chi connectivity index (χ1v) is 15.8. The van der Waals surface area contributed by atoms with Crippen molar-refractivity contribution in [3.63, 3.8) is 0 Å². The highest BCUT2D eigenvalue weighted by molar-refractivity contribution is 5.99. The predicted octanol–water partition coefficient (Wildman–Crippen LogP) is 0.593. The summed E-state index contributed by atoms with van der Waals surface area (Å²) in [5.41, 5.74) is -0.327. The fraction of sp³-hybridized carbons (Fsp3) is 0.588. The summed E-state index contributed by atoms with van der Waals surface area (Å²) < 4.78 is 91.4. The Morgan fingerprint density at radius 1 is 0.593 bits per heavy atom. The number of hydrogen-bond acceptors (Lipinski definition) is 20. The van der Waals surface area contributed by atoms with Crippen molar-refractivity contribution in [2.45, 2.75) is 117 Å². The van der Waals surface area contributed by atoms with Gasteiger partial charge in [-0.1, -0.05) is 6.07 Å². The highest BCUT2D eigenvalue weighted by Gasteiger charge is 2.58. The summed E-state index contributed by atoms with van der Waals surface area (Å²) in [7, 11) is 0. The molecule has 2 fully saturated rings. The summed E-state index contributed by atoms with van der Waals surface area (Å²) in [4.78, 5) is 99.5. The molecule has 10 atom stereocenters. The van der Waals surface area contributed by atoms with Crippen LogP contribution in [-0.4, -0.2) is 127 Å². The average Bonchev–Trinajstić information content (AvgIpc) is 3.16. The first-order valence-electron chi connectivity index (χ1n) is 18.6. The number of aromatic hydroxyl groups is 1. The lowest BCUT2D eigenvalue weighted by atomic mass is 9.96. The Morgan fingerprint density at radius 2 is 1.06 bits per heavy atom. The van der Waals surface area contributed by atoms with Crippen molar-refractivity contribution in [2.75, 3.05) is 13.2 Å². The molecule has 0 amide bonds. The molecule has 1 N–H and O–H groups in total. The number of ether oxygens (including phenoxy) is 11. The van der Waals surface area contributed by atoms with E-state index in [4.69, 9.17) is 57.6 Å². The first-order chi connectivity index (χ1) is 27.4. The van der Waals surface area contributed by atoms with Crippen LogP contribution in [0.4, 0.5) is 0 Å². The zero-order valence-electron chi connectivity index (χ0n) is 33.5. The molecule has 0 radical (unpaired) electrons. The minimum Gasteiger partial charge on any atom is -0.507 e. The monoisotopic (exact) mass is 774 g/mol. The van der Waals surface area contributed by atoms with E-state index in [1.165, 1.54) is 18.2 Å². The molecule has 1 aromatic rings. The van der Waals surface area contributed by atoms with Gasteiger partial charge in [0.05, 0.1) is 0 Å². The maximum Gasteiger partial charge on any atom is 0.303 e. The summed E-state index contributed by atoms with van der Waals surface area (Å²) in [5.74, 6) is -9.31. The van der Waals surface area contributed by atoms with Crippen LogP contribution in [0, 0.1) is 0 Å². The van der Waals surface area contributed by atoms with Gasteiger partial charge < -0.3 is 57.2 Å². The second-order valence-corrected chi connectivity index (χ2v) is 11.5. The number of Topliss-reactive ketones (excluding diaryl/α,β-unsaturated/α-hetero) is 1. The number of rotatable bonds is 14. The van der Waals surface area contributed by atoms with Gasteiger partial charge in [-0.3, -0.25) is 38.4 Å². The standard InChI is InChI=1S/C34H42O20/c1-14(35)26-22(43)10-9-11-23(26)51-33-31(49-20(7)41)30(48-19(6)40)28(25(52-33)13-45-16(3)37)54-34-32(50-21(8)42)29(47-18(5)39)27(46-17(4)38)24(53-34)12-44-15(2)36/h9-11,24-25,27-34,43H,12-13H2,1-8H3/t24-,25-,27-,28-,29+,30+,31-,32-,33-,34?/m1/s1/i2D,4D,5D,8D. The van der Waals surface area contributed by atoms with Crippen LogP contribution in [0.2, 0.25) is 0 Å². The van der Waals surface area contributed by atoms with Gasteiger partial charge in [0.15, 0.2) is 36.5 Å². The third-order valence-corrected chi connectivity index (χ3v) is 7.34. The van der Waals surface area contributed by atoms with Crippen molar-refractivity contribution in [3.05, 3.63) is 23.8 Å². The normalized spacial score (nSPS) is 28.6. The molecule has 2 saturated heterocycles. The van der Waals surface area contributed by atoms with Gasteiger partial charge in [-0.2, -0.15) is 0 Å². The Labute approximate surface area is 314 Å². The van der Waals surface area contributed by atoms with Gasteiger partial charge in [-0.25, -0.2) is 0 Å². The molecule has 54 heavy (non-hydrogen) atoms. The molecule has 3 rings (SSSR count). The Morgan fingerprint density at radius 3 is 1.61 bits per heavy atom. The summed E-state index contributed by atoms with van der Waals surface area (Å²) in [5, 5.41) is 10.4. The van der Waals surface area contributed by atoms with Crippen molar-refractivity contribution >= 4 is 47.6 Å². The van der Waals surface area contributed by atoms with Crippen molar-refractivity contribution in [3.8, 4) is 11.5 Å². The Hall–Kier alpha value is -5.34. The van der Waals surface area contributed by atoms with Gasteiger partial charge >= 0.3 is 41.8 Å². The second-order valence-electron chi connectivity index (χ2n) is 11.5. The molecule has 0 aliphatic carbocycles. The SMILES string of the molecule is [2H]CC(=O)OC[C@H]1OC(O[C@H]2[C@H](OC(C)=O)[C@@H](OC(C)=O)[C@H](Oc3cccc(O)c3C(C)=O)O[C@@H]2COC(C)=O)[C@H](OC(=O)C[2H])[C@@H](OC(=O)C[2H])[C@@H]1OC(=O)C[2H]. The molecule has 1 unspecified atom stereocenters. The number of phenolic OH excluding ortho intramolecular Hbond substituents is 1. The lowest BCUT2D eigenvalue weighted by Gasteiger charge is -2.48. The molecule has 20 heteroatoms. The van der Waals surface area contributed by atoms with E-state index < -0.39 is 156 Å². The molecule has 20 nitrogen and oxygen atoms in total. The van der Waals surface area contributed by atoms with E-state index >= 15 is 0 Å². The zero-order valence-corrected chi connectivity index (χ0v) is 29.5. The number of ketones is 1. The van der Waals surface area contributed by atoms with Crippen LogP contribution < -0.4 is 4.74 Å². The van der Waals surface area contributed by atoms with Gasteiger partial charge in [-0.15, -0.1) is 0 Å². The van der Waals surface area contributed by atoms with Crippen LogP contribution in [-0.2, 0) is 80.9 Å². The molecule has 0 saturated carbocycles. The number of benzene rings is 1. The molecular weight excluding hydrogens is 728 g/mol. The fourth-order valence-corrected chi connectivity index (χ4v) is 5.52. The minimum atomic E-state index is -2.11. The number of phenols is 1. The van der Waals surface area contributed by atoms with Crippen LogP contribution >= 0.6 is 0 Å². The van der Waals surface area contributed by atoms with Gasteiger partial charge in [0, 0.05) is 53.9 Å². The molecule has 0 aromatic heterocycles. The van der Waals surface area contributed by atoms with Crippen LogP contribution in [0.15, 0.2) is 18.2 Å². The van der Waals surface area contributed by atoms with E-state index in [-0.39, 0.29) is 11.3 Å². The largest absolute Gasteiger partial charge is 0.507 e. The number of esters is 7. The van der Waals surface area contributed by atoms with E-state index in [1.807, 2.05) is 0 Å². The maximum atomic E-state index is 12.7. The van der Waals surface area contributed by atoms with Crippen molar-refractivity contribution in [2.24, 2.45) is 0 Å². The van der Waals surface area contributed by atoms with Crippen molar-refractivity contribution < 1.29 is 101 Å². The van der Waals surface area contributed by atoms with Crippen LogP contribution in [0.3, 0.4) is 0 Å². The first kappa shape index (κ1) is 37.0. The summed E-state index contributed by atoms with van der Waals surface area (Å²) in [6.07, 6.45) is -18.8. The predicted molar refractivity (Wildman–Crippen MR) is 172 cm³/mol. The Balaban J connectivity index is 2.26. The highest BCUT2D eigenvalue weighted by atomic mass is 16.8. The number of hydrogen-bond donors (Lipinski definition) is 1. The molecule has 2 aliphatic heterocycles. The Kier molecular flexibility index (Phi) is 13.1. The van der Waals surface area contributed by atoms with E-state index in [9.17, 15) is 43.5 Å².